The maximum Gasteiger partial charge on any atom is 0.389 e. The van der Waals surface area contributed by atoms with Crippen molar-refractivity contribution in [2.45, 2.75) is 25.6 Å². The summed E-state index contributed by atoms with van der Waals surface area (Å²) in [5, 5.41) is 11.9. The predicted octanol–water partition coefficient (Wildman–Crippen LogP) is 4.34. The van der Waals surface area contributed by atoms with Crippen LogP contribution in [0.25, 0.3) is 28.3 Å². The van der Waals surface area contributed by atoms with Gasteiger partial charge in [-0.3, -0.25) is 14.0 Å². The first-order valence-electron chi connectivity index (χ1n) is 12.3. The van der Waals surface area contributed by atoms with Gasteiger partial charge in [-0.15, -0.1) is 0 Å². The summed E-state index contributed by atoms with van der Waals surface area (Å²) < 4.78 is 41.8. The van der Waals surface area contributed by atoms with Crippen LogP contribution in [0.4, 0.5) is 13.2 Å². The van der Waals surface area contributed by atoms with Crippen LogP contribution in [0.2, 0.25) is 0 Å². The van der Waals surface area contributed by atoms with E-state index in [1.165, 1.54) is 16.7 Å². The van der Waals surface area contributed by atoms with Gasteiger partial charge in [-0.1, -0.05) is 24.3 Å². The number of hydrogen-bond donors (Lipinski definition) is 1. The Hall–Kier alpha value is -4.43. The Labute approximate surface area is 222 Å². The molecule has 4 rings (SSSR count). The van der Waals surface area contributed by atoms with Crippen LogP contribution in [0, 0.1) is 11.3 Å². The SMILES string of the molecule is CN(C)CCNC(=O)c1ccc(-c2cc(=O)n3cc(-c4ccc(C#N)cc4)nc3n2CCCC(F)(F)F)cc1. The molecule has 39 heavy (non-hydrogen) atoms. The lowest BCUT2D eigenvalue weighted by Gasteiger charge is -2.16. The average molecular weight is 537 g/mol. The van der Waals surface area contributed by atoms with Gasteiger partial charge in [0.15, 0.2) is 0 Å². The average Bonchev–Trinajstić information content (AvgIpc) is 3.35. The van der Waals surface area contributed by atoms with Crippen molar-refractivity contribution >= 4 is 11.7 Å². The lowest BCUT2D eigenvalue weighted by atomic mass is 10.1. The molecule has 0 unspecified atom stereocenters. The Balaban J connectivity index is 1.73. The molecule has 0 spiro atoms. The number of imidazole rings is 1. The highest BCUT2D eigenvalue weighted by molar-refractivity contribution is 5.94. The number of aromatic nitrogens is 3. The van der Waals surface area contributed by atoms with Crippen LogP contribution < -0.4 is 10.9 Å². The van der Waals surface area contributed by atoms with E-state index >= 15 is 0 Å². The van der Waals surface area contributed by atoms with Crippen LogP contribution in [0.15, 0.2) is 65.6 Å². The van der Waals surface area contributed by atoms with Crippen LogP contribution in [0.5, 0.6) is 0 Å². The lowest BCUT2D eigenvalue weighted by molar-refractivity contribution is -0.135. The fourth-order valence-corrected chi connectivity index (χ4v) is 4.13. The molecule has 0 aliphatic heterocycles. The second kappa shape index (κ2) is 11.5. The van der Waals surface area contributed by atoms with Gasteiger partial charge in [-0.2, -0.15) is 18.4 Å². The fraction of sp³-hybridized carbons (Fsp3) is 0.286. The number of carbonyl (C=O) groups excluding carboxylic acids is 1. The first-order valence-corrected chi connectivity index (χ1v) is 12.3. The molecule has 8 nitrogen and oxygen atoms in total. The number of fused-ring (bicyclic) bond motifs is 1. The standard InChI is InChI=1S/C28H27F3N6O2/c1-35(2)15-13-33-26(39)22-10-8-21(9-11-22)24-16-25(38)37-18-23(20-6-4-19(17-32)5-7-20)34-27(37)36(24)14-3-12-28(29,30)31/h4-11,16,18H,3,12-15H2,1-2H3,(H,33,39). The smallest absolute Gasteiger partial charge is 0.351 e. The molecular weight excluding hydrogens is 509 g/mol. The van der Waals surface area contributed by atoms with Crippen molar-refractivity contribution in [2.75, 3.05) is 27.2 Å². The van der Waals surface area contributed by atoms with E-state index in [1.807, 2.05) is 25.1 Å². The molecule has 2 heterocycles. The van der Waals surface area contributed by atoms with Crippen molar-refractivity contribution in [3.8, 4) is 28.6 Å². The van der Waals surface area contributed by atoms with E-state index in [0.717, 1.165) is 0 Å². The third-order valence-electron chi connectivity index (χ3n) is 6.16. The molecule has 0 aliphatic carbocycles. The number of nitrogens with zero attached hydrogens (tertiary/aromatic N) is 5. The maximum absolute atomic E-state index is 13.1. The number of benzene rings is 2. The Kier molecular flexibility index (Phi) is 8.16. The zero-order chi connectivity index (χ0) is 28.2. The number of halogens is 3. The third-order valence-corrected chi connectivity index (χ3v) is 6.16. The topological polar surface area (TPSA) is 95.4 Å². The normalized spacial score (nSPS) is 11.6. The zero-order valence-corrected chi connectivity index (χ0v) is 21.5. The minimum absolute atomic E-state index is 0.0325. The molecule has 4 aromatic rings. The fourth-order valence-electron chi connectivity index (χ4n) is 4.13. The van der Waals surface area contributed by atoms with Crippen LogP contribution in [0.1, 0.15) is 28.8 Å². The van der Waals surface area contributed by atoms with Crippen molar-refractivity contribution in [3.63, 3.8) is 0 Å². The second-order valence-electron chi connectivity index (χ2n) is 9.36. The van der Waals surface area contributed by atoms with Gasteiger partial charge in [0.2, 0.25) is 5.78 Å². The Bertz CT molecular complexity index is 1560. The highest BCUT2D eigenvalue weighted by Crippen LogP contribution is 2.26. The third kappa shape index (κ3) is 6.72. The van der Waals surface area contributed by atoms with Crippen molar-refractivity contribution in [1.29, 1.82) is 5.26 Å². The molecular formula is C28H27F3N6O2. The number of rotatable bonds is 9. The molecule has 0 saturated heterocycles. The molecule has 1 amide bonds. The molecule has 0 fully saturated rings. The molecule has 0 atom stereocenters. The Morgan fingerprint density at radius 1 is 1.08 bits per heavy atom. The quantitative estimate of drug-likeness (QED) is 0.344. The van der Waals surface area contributed by atoms with E-state index in [-0.39, 0.29) is 24.7 Å². The van der Waals surface area contributed by atoms with E-state index in [9.17, 15) is 22.8 Å². The monoisotopic (exact) mass is 536 g/mol. The maximum atomic E-state index is 13.1. The molecule has 2 aromatic heterocycles. The van der Waals surface area contributed by atoms with E-state index in [0.29, 0.717) is 46.7 Å². The molecule has 202 valence electrons. The van der Waals surface area contributed by atoms with Crippen LogP contribution >= 0.6 is 0 Å². The molecule has 0 radical (unpaired) electrons. The zero-order valence-electron chi connectivity index (χ0n) is 21.5. The van der Waals surface area contributed by atoms with Crippen molar-refractivity contribution < 1.29 is 18.0 Å². The molecule has 0 aliphatic rings. The summed E-state index contributed by atoms with van der Waals surface area (Å²) in [6.45, 7) is 1.13. The van der Waals surface area contributed by atoms with Crippen LogP contribution in [-0.2, 0) is 6.54 Å². The summed E-state index contributed by atoms with van der Waals surface area (Å²) in [5.41, 5.74) is 2.55. The highest BCUT2D eigenvalue weighted by atomic mass is 19.4. The molecule has 11 heteroatoms. The number of nitriles is 1. The molecule has 0 bridgehead atoms. The molecule has 0 saturated carbocycles. The summed E-state index contributed by atoms with van der Waals surface area (Å²) in [5.74, 6) is -0.0497. The number of likely N-dealkylation sites (N-methyl/N-ethyl adjacent to an activating group) is 1. The summed E-state index contributed by atoms with van der Waals surface area (Å²) >= 11 is 0. The van der Waals surface area contributed by atoms with Crippen molar-refractivity contribution in [3.05, 3.63) is 82.3 Å². The van der Waals surface area contributed by atoms with E-state index < -0.39 is 18.2 Å². The summed E-state index contributed by atoms with van der Waals surface area (Å²) in [6, 6.07) is 16.6. The number of nitrogens with one attached hydrogen (secondary N) is 1. The molecule has 2 aromatic carbocycles. The van der Waals surface area contributed by atoms with Crippen molar-refractivity contribution in [2.24, 2.45) is 0 Å². The largest absolute Gasteiger partial charge is 0.389 e. The van der Waals surface area contributed by atoms with Gasteiger partial charge < -0.3 is 14.8 Å². The number of amides is 1. The number of aryl methyl sites for hydroxylation is 1. The summed E-state index contributed by atoms with van der Waals surface area (Å²) in [4.78, 5) is 32.1. The first kappa shape index (κ1) is 27.6. The van der Waals surface area contributed by atoms with E-state index in [1.54, 1.807) is 53.1 Å². The summed E-state index contributed by atoms with van der Waals surface area (Å²) in [7, 11) is 3.80. The van der Waals surface area contributed by atoms with Gasteiger partial charge in [-0.25, -0.2) is 4.98 Å². The van der Waals surface area contributed by atoms with Gasteiger partial charge in [0.25, 0.3) is 11.5 Å². The van der Waals surface area contributed by atoms with E-state index in [2.05, 4.69) is 10.3 Å². The molecule has 1 N–H and O–H groups in total. The Morgan fingerprint density at radius 3 is 2.36 bits per heavy atom. The minimum atomic E-state index is -4.32. The highest BCUT2D eigenvalue weighted by Gasteiger charge is 2.26. The number of hydrogen-bond acceptors (Lipinski definition) is 5. The predicted molar refractivity (Wildman–Crippen MR) is 141 cm³/mol. The second-order valence-corrected chi connectivity index (χ2v) is 9.36. The lowest BCUT2D eigenvalue weighted by Crippen LogP contribution is -2.31. The Morgan fingerprint density at radius 2 is 1.74 bits per heavy atom. The van der Waals surface area contributed by atoms with Gasteiger partial charge in [0, 0.05) is 49.4 Å². The van der Waals surface area contributed by atoms with Crippen molar-refractivity contribution in [1.82, 2.24) is 24.2 Å². The van der Waals surface area contributed by atoms with Gasteiger partial charge in [0.05, 0.1) is 23.0 Å². The number of alkyl halides is 3. The van der Waals surface area contributed by atoms with Gasteiger partial charge in [-0.05, 0) is 50.3 Å². The van der Waals surface area contributed by atoms with Crippen LogP contribution in [-0.4, -0.2) is 58.1 Å². The first-order chi connectivity index (χ1) is 18.6. The van der Waals surface area contributed by atoms with Crippen LogP contribution in [0.3, 0.4) is 0 Å². The summed E-state index contributed by atoms with van der Waals surface area (Å²) in [6.07, 6.45) is -3.98. The number of carbonyl (C=O) groups is 1. The van der Waals surface area contributed by atoms with Gasteiger partial charge in [0.1, 0.15) is 0 Å². The van der Waals surface area contributed by atoms with Gasteiger partial charge >= 0.3 is 6.18 Å². The van der Waals surface area contributed by atoms with E-state index in [4.69, 9.17) is 5.26 Å². The minimum Gasteiger partial charge on any atom is -0.351 e.